The molecule has 9 nitrogen and oxygen atoms in total. The molecule has 168 valence electrons. The van der Waals surface area contributed by atoms with E-state index in [1.165, 1.54) is 11.4 Å². The van der Waals surface area contributed by atoms with Crippen molar-refractivity contribution in [1.82, 2.24) is 9.21 Å². The minimum Gasteiger partial charge on any atom is -0.495 e. The van der Waals surface area contributed by atoms with Crippen LogP contribution in [0, 0.1) is 0 Å². The summed E-state index contributed by atoms with van der Waals surface area (Å²) in [6, 6.07) is 4.86. The van der Waals surface area contributed by atoms with Gasteiger partial charge < -0.3 is 19.3 Å². The highest BCUT2D eigenvalue weighted by Crippen LogP contribution is 2.32. The van der Waals surface area contributed by atoms with E-state index in [9.17, 15) is 18.0 Å². The van der Waals surface area contributed by atoms with Crippen molar-refractivity contribution in [3.63, 3.8) is 0 Å². The summed E-state index contributed by atoms with van der Waals surface area (Å²) in [5, 5.41) is 0. The Morgan fingerprint density at radius 1 is 1.03 bits per heavy atom. The molecule has 0 unspecified atom stereocenters. The molecule has 0 bridgehead atoms. The van der Waals surface area contributed by atoms with E-state index in [0.717, 1.165) is 0 Å². The van der Waals surface area contributed by atoms with Gasteiger partial charge in [0.1, 0.15) is 5.75 Å². The highest BCUT2D eigenvalue weighted by atomic mass is 32.2. The van der Waals surface area contributed by atoms with Gasteiger partial charge in [0, 0.05) is 45.7 Å². The second-order valence-corrected chi connectivity index (χ2v) is 8.80. The number of rotatable bonds is 9. The number of methoxy groups -OCH3 is 2. The predicted octanol–water partition coefficient (Wildman–Crippen LogP) is 1.33. The molecule has 0 spiro atoms. The maximum atomic E-state index is 12.9. The van der Waals surface area contributed by atoms with Crippen LogP contribution in [-0.4, -0.2) is 83.0 Å². The molecule has 10 heteroatoms. The van der Waals surface area contributed by atoms with Gasteiger partial charge >= 0.3 is 5.97 Å². The van der Waals surface area contributed by atoms with E-state index >= 15 is 0 Å². The van der Waals surface area contributed by atoms with Crippen LogP contribution >= 0.6 is 0 Å². The molecule has 30 heavy (non-hydrogen) atoms. The summed E-state index contributed by atoms with van der Waals surface area (Å²) in [7, 11) is -0.742. The molecule has 1 aromatic rings. The maximum Gasteiger partial charge on any atom is 0.306 e. The van der Waals surface area contributed by atoms with Gasteiger partial charge in [0.2, 0.25) is 15.9 Å². The van der Waals surface area contributed by atoms with E-state index in [1.54, 1.807) is 30.2 Å². The number of piperazine rings is 1. The van der Waals surface area contributed by atoms with Crippen LogP contribution in [0.3, 0.4) is 0 Å². The van der Waals surface area contributed by atoms with E-state index in [0.29, 0.717) is 50.7 Å². The zero-order valence-corrected chi connectivity index (χ0v) is 18.9. The lowest BCUT2D eigenvalue weighted by atomic mass is 10.2. The zero-order chi connectivity index (χ0) is 22.3. The number of hydrogen-bond acceptors (Lipinski definition) is 7. The van der Waals surface area contributed by atoms with Crippen molar-refractivity contribution in [3.05, 3.63) is 18.2 Å². The number of esters is 1. The number of anilines is 1. The molecule has 0 radical (unpaired) electrons. The highest BCUT2D eigenvalue weighted by Gasteiger charge is 2.27. The van der Waals surface area contributed by atoms with Crippen molar-refractivity contribution in [2.45, 2.75) is 31.6 Å². The first-order valence-corrected chi connectivity index (χ1v) is 11.5. The fraction of sp³-hybridized carbons (Fsp3) is 0.600. The summed E-state index contributed by atoms with van der Waals surface area (Å²) in [5.74, 6) is 0.0850. The Labute approximate surface area is 178 Å². The molecule has 0 N–H and O–H groups in total. The number of carbonyl (C=O) groups is 2. The molecule has 0 aliphatic carbocycles. The second-order valence-electron chi connectivity index (χ2n) is 6.87. The standard InChI is InChI=1S/C20H31N3O6S/c1-5-23(6-2)30(26,27)16-7-8-18(28-3)17(15-16)21-11-13-22(14-12-21)19(24)9-10-20(25)29-4/h7-8,15H,5-6,9-14H2,1-4H3. The molecule has 1 saturated heterocycles. The van der Waals surface area contributed by atoms with Gasteiger partial charge in [-0.3, -0.25) is 9.59 Å². The first-order chi connectivity index (χ1) is 14.3. The molecule has 1 aliphatic rings. The molecule has 1 amide bonds. The van der Waals surface area contributed by atoms with Crippen LogP contribution in [0.2, 0.25) is 0 Å². The highest BCUT2D eigenvalue weighted by molar-refractivity contribution is 7.89. The Kier molecular flexibility index (Phi) is 8.48. The molecule has 1 aromatic carbocycles. The van der Waals surface area contributed by atoms with Crippen LogP contribution < -0.4 is 9.64 Å². The largest absolute Gasteiger partial charge is 0.495 e. The molecule has 0 aromatic heterocycles. The normalized spacial score (nSPS) is 14.7. The number of hydrogen-bond donors (Lipinski definition) is 0. The molecule has 2 rings (SSSR count). The van der Waals surface area contributed by atoms with E-state index in [4.69, 9.17) is 4.74 Å². The maximum absolute atomic E-state index is 12.9. The smallest absolute Gasteiger partial charge is 0.306 e. The summed E-state index contributed by atoms with van der Waals surface area (Å²) in [4.78, 5) is 27.5. The van der Waals surface area contributed by atoms with Gasteiger partial charge in [0.25, 0.3) is 0 Å². The molecular weight excluding hydrogens is 410 g/mol. The van der Waals surface area contributed by atoms with Gasteiger partial charge in [-0.15, -0.1) is 0 Å². The summed E-state index contributed by atoms with van der Waals surface area (Å²) in [6.07, 6.45) is 0.183. The lowest BCUT2D eigenvalue weighted by molar-refractivity contribution is -0.143. The molecule has 1 fully saturated rings. The van der Waals surface area contributed by atoms with Crippen LogP contribution in [0.5, 0.6) is 5.75 Å². The van der Waals surface area contributed by atoms with Crippen molar-refractivity contribution in [2.24, 2.45) is 0 Å². The predicted molar refractivity (Wildman–Crippen MR) is 113 cm³/mol. The third kappa shape index (κ3) is 5.42. The van der Waals surface area contributed by atoms with Crippen LogP contribution in [-0.2, 0) is 24.3 Å². The van der Waals surface area contributed by atoms with Gasteiger partial charge in [-0.05, 0) is 18.2 Å². The lowest BCUT2D eigenvalue weighted by Crippen LogP contribution is -2.49. The monoisotopic (exact) mass is 441 g/mol. The fourth-order valence-electron chi connectivity index (χ4n) is 3.46. The van der Waals surface area contributed by atoms with Crippen molar-refractivity contribution >= 4 is 27.6 Å². The number of carbonyl (C=O) groups excluding carboxylic acids is 2. The van der Waals surface area contributed by atoms with Crippen LogP contribution in [0.1, 0.15) is 26.7 Å². The van der Waals surface area contributed by atoms with Crippen LogP contribution in [0.25, 0.3) is 0 Å². The van der Waals surface area contributed by atoms with Gasteiger partial charge in [-0.2, -0.15) is 4.31 Å². The molecule has 0 atom stereocenters. The van der Waals surface area contributed by atoms with Gasteiger partial charge in [-0.25, -0.2) is 8.42 Å². The van der Waals surface area contributed by atoms with Crippen molar-refractivity contribution in [1.29, 1.82) is 0 Å². The molecule has 1 aliphatic heterocycles. The van der Waals surface area contributed by atoms with E-state index < -0.39 is 16.0 Å². The first kappa shape index (κ1) is 23.9. The second kappa shape index (κ2) is 10.6. The van der Waals surface area contributed by atoms with Crippen molar-refractivity contribution in [3.8, 4) is 5.75 Å². The van der Waals surface area contributed by atoms with Gasteiger partial charge in [0.15, 0.2) is 0 Å². The van der Waals surface area contributed by atoms with Gasteiger partial charge in [0.05, 0.1) is 31.2 Å². The molecule has 1 heterocycles. The number of ether oxygens (including phenoxy) is 2. The average Bonchev–Trinajstić information content (AvgIpc) is 2.77. The van der Waals surface area contributed by atoms with E-state index in [-0.39, 0.29) is 23.6 Å². The Morgan fingerprint density at radius 3 is 2.20 bits per heavy atom. The summed E-state index contributed by atoms with van der Waals surface area (Å²) < 4.78 is 37.2. The minimum atomic E-state index is -3.59. The Morgan fingerprint density at radius 2 is 1.67 bits per heavy atom. The third-order valence-electron chi connectivity index (χ3n) is 5.24. The summed E-state index contributed by atoms with van der Waals surface area (Å²) >= 11 is 0. The lowest BCUT2D eigenvalue weighted by Gasteiger charge is -2.37. The Hall–Kier alpha value is -2.33. The van der Waals surface area contributed by atoms with Crippen molar-refractivity contribution in [2.75, 3.05) is 58.4 Å². The number of sulfonamides is 1. The summed E-state index contributed by atoms with van der Waals surface area (Å²) in [5.41, 5.74) is 0.687. The Balaban J connectivity index is 2.14. The third-order valence-corrected chi connectivity index (χ3v) is 7.28. The average molecular weight is 442 g/mol. The van der Waals surface area contributed by atoms with Crippen LogP contribution in [0.15, 0.2) is 23.1 Å². The minimum absolute atomic E-state index is 0.0641. The molecule has 0 saturated carbocycles. The quantitative estimate of drug-likeness (QED) is 0.533. The molecular formula is C20H31N3O6S. The summed E-state index contributed by atoms with van der Waals surface area (Å²) in [6.45, 7) is 6.44. The van der Waals surface area contributed by atoms with Crippen molar-refractivity contribution < 1.29 is 27.5 Å². The zero-order valence-electron chi connectivity index (χ0n) is 18.1. The van der Waals surface area contributed by atoms with E-state index in [1.807, 2.05) is 18.7 Å². The number of nitrogens with zero attached hydrogens (tertiary/aromatic N) is 3. The van der Waals surface area contributed by atoms with Gasteiger partial charge in [-0.1, -0.05) is 13.8 Å². The van der Waals surface area contributed by atoms with Crippen LogP contribution in [0.4, 0.5) is 5.69 Å². The topological polar surface area (TPSA) is 96.5 Å². The number of amides is 1. The fourth-order valence-corrected chi connectivity index (χ4v) is 4.93. The number of benzene rings is 1. The SMILES string of the molecule is CCN(CC)S(=O)(=O)c1ccc(OC)c(N2CCN(C(=O)CCC(=O)OC)CC2)c1. The first-order valence-electron chi connectivity index (χ1n) is 10.1. The Bertz CT molecular complexity index is 846. The van der Waals surface area contributed by atoms with E-state index in [2.05, 4.69) is 4.74 Å².